The van der Waals surface area contributed by atoms with Crippen LogP contribution in [0.2, 0.25) is 0 Å². The van der Waals surface area contributed by atoms with Crippen LogP contribution in [-0.2, 0) is 0 Å². The number of hydrogen-bond acceptors (Lipinski definition) is 4. The molecule has 0 aliphatic heterocycles. The predicted molar refractivity (Wildman–Crippen MR) is 91.6 cm³/mol. The molecular weight excluding hydrogens is 304 g/mol. The van der Waals surface area contributed by atoms with Crippen LogP contribution in [0.5, 0.6) is 17.2 Å². The maximum Gasteiger partial charge on any atom is 0.255 e. The molecule has 5 nitrogen and oxygen atoms in total. The number of aromatic hydroxyl groups is 1. The molecule has 0 spiro atoms. The molecule has 5 heteroatoms. The van der Waals surface area contributed by atoms with Gasteiger partial charge in [0, 0.05) is 18.0 Å². The summed E-state index contributed by atoms with van der Waals surface area (Å²) in [5, 5.41) is 12.5. The van der Waals surface area contributed by atoms with Crippen LogP contribution in [0.1, 0.15) is 15.9 Å². The molecule has 0 unspecified atom stereocenters. The average Bonchev–Trinajstić information content (AvgIpc) is 2.60. The van der Waals surface area contributed by atoms with E-state index in [1.54, 1.807) is 67.0 Å². The van der Waals surface area contributed by atoms with Crippen LogP contribution >= 0.6 is 0 Å². The van der Waals surface area contributed by atoms with Gasteiger partial charge in [0.25, 0.3) is 5.91 Å². The van der Waals surface area contributed by atoms with Crippen LogP contribution in [0.3, 0.4) is 0 Å². The van der Waals surface area contributed by atoms with Crippen molar-refractivity contribution in [2.45, 2.75) is 6.92 Å². The van der Waals surface area contributed by atoms with Crippen LogP contribution in [0, 0.1) is 6.92 Å². The summed E-state index contributed by atoms with van der Waals surface area (Å²) in [5.74, 6) is 1.03. The van der Waals surface area contributed by atoms with Gasteiger partial charge in [-0.1, -0.05) is 6.07 Å². The van der Waals surface area contributed by atoms with Crippen LogP contribution in [0.25, 0.3) is 0 Å². The Morgan fingerprint density at radius 3 is 2.38 bits per heavy atom. The van der Waals surface area contributed by atoms with Crippen molar-refractivity contribution in [1.29, 1.82) is 0 Å². The van der Waals surface area contributed by atoms with Crippen LogP contribution in [0.15, 0.2) is 67.0 Å². The van der Waals surface area contributed by atoms with Crippen molar-refractivity contribution in [3.05, 3.63) is 78.1 Å². The Kier molecular flexibility index (Phi) is 4.43. The maximum atomic E-state index is 12.3. The molecule has 120 valence electrons. The molecule has 1 aromatic heterocycles. The predicted octanol–water partition coefficient (Wildman–Crippen LogP) is 4.14. The molecule has 0 saturated carbocycles. The number of benzene rings is 2. The van der Waals surface area contributed by atoms with Gasteiger partial charge < -0.3 is 15.2 Å². The fraction of sp³-hybridized carbons (Fsp3) is 0.0526. The molecule has 24 heavy (non-hydrogen) atoms. The number of phenols is 1. The summed E-state index contributed by atoms with van der Waals surface area (Å²) in [6, 6.07) is 15.3. The van der Waals surface area contributed by atoms with E-state index < -0.39 is 0 Å². The second-order valence-electron chi connectivity index (χ2n) is 5.28. The van der Waals surface area contributed by atoms with Gasteiger partial charge in [0.2, 0.25) is 0 Å². The zero-order chi connectivity index (χ0) is 16.9. The van der Waals surface area contributed by atoms with Crippen molar-refractivity contribution in [1.82, 2.24) is 4.98 Å². The number of nitrogens with zero attached hydrogens (tertiary/aromatic N) is 1. The van der Waals surface area contributed by atoms with E-state index >= 15 is 0 Å². The molecule has 0 fully saturated rings. The number of hydrogen-bond donors (Lipinski definition) is 2. The summed E-state index contributed by atoms with van der Waals surface area (Å²) < 4.78 is 5.65. The Balaban J connectivity index is 1.71. The summed E-state index contributed by atoms with van der Waals surface area (Å²) in [7, 11) is 0. The van der Waals surface area contributed by atoms with Crippen molar-refractivity contribution >= 4 is 11.6 Å². The standard InChI is InChI=1S/C19H16N2O3/c1-13-2-7-18(22)17(12-13)21-19(23)14-3-5-15(6-4-14)24-16-8-10-20-11-9-16/h2-12,22H,1H3,(H,21,23). The van der Waals surface area contributed by atoms with Crippen molar-refractivity contribution in [2.24, 2.45) is 0 Å². The van der Waals surface area contributed by atoms with Crippen molar-refractivity contribution in [3.8, 4) is 17.2 Å². The minimum atomic E-state index is -0.300. The Hall–Kier alpha value is -3.34. The first-order valence-electron chi connectivity index (χ1n) is 7.41. The molecule has 0 radical (unpaired) electrons. The summed E-state index contributed by atoms with van der Waals surface area (Å²) in [5.41, 5.74) is 1.80. The number of ether oxygens (including phenoxy) is 1. The van der Waals surface area contributed by atoms with Crippen molar-refractivity contribution in [2.75, 3.05) is 5.32 Å². The van der Waals surface area contributed by atoms with E-state index in [9.17, 15) is 9.90 Å². The molecular formula is C19H16N2O3. The minimum absolute atomic E-state index is 0.0339. The number of nitrogens with one attached hydrogen (secondary N) is 1. The number of aryl methyl sites for hydroxylation is 1. The minimum Gasteiger partial charge on any atom is -0.506 e. The summed E-state index contributed by atoms with van der Waals surface area (Å²) >= 11 is 0. The number of pyridine rings is 1. The molecule has 0 saturated heterocycles. The van der Waals surface area contributed by atoms with Gasteiger partial charge in [0.1, 0.15) is 17.2 Å². The van der Waals surface area contributed by atoms with Gasteiger partial charge in [-0.2, -0.15) is 0 Å². The Labute approximate surface area is 139 Å². The lowest BCUT2D eigenvalue weighted by atomic mass is 10.1. The number of phenolic OH excluding ortho intramolecular Hbond substituents is 1. The number of amides is 1. The molecule has 3 aromatic rings. The highest BCUT2D eigenvalue weighted by Crippen LogP contribution is 2.25. The van der Waals surface area contributed by atoms with Gasteiger partial charge in [-0.3, -0.25) is 9.78 Å². The third kappa shape index (κ3) is 3.70. The SMILES string of the molecule is Cc1ccc(O)c(NC(=O)c2ccc(Oc3ccncc3)cc2)c1. The van der Waals surface area contributed by atoms with Gasteiger partial charge in [-0.05, 0) is 61.0 Å². The van der Waals surface area contributed by atoms with Gasteiger partial charge in [0.15, 0.2) is 0 Å². The van der Waals surface area contributed by atoms with E-state index in [2.05, 4.69) is 10.3 Å². The molecule has 3 rings (SSSR count). The van der Waals surface area contributed by atoms with Crippen molar-refractivity contribution in [3.63, 3.8) is 0 Å². The van der Waals surface area contributed by atoms with E-state index in [0.717, 1.165) is 5.56 Å². The molecule has 0 atom stereocenters. The van der Waals surface area contributed by atoms with E-state index in [1.165, 1.54) is 0 Å². The van der Waals surface area contributed by atoms with E-state index in [-0.39, 0.29) is 11.7 Å². The first-order valence-corrected chi connectivity index (χ1v) is 7.41. The van der Waals surface area contributed by atoms with Crippen LogP contribution in [-0.4, -0.2) is 16.0 Å². The number of aromatic nitrogens is 1. The third-order valence-corrected chi connectivity index (χ3v) is 3.40. The Morgan fingerprint density at radius 2 is 1.67 bits per heavy atom. The molecule has 2 aromatic carbocycles. The quantitative estimate of drug-likeness (QED) is 0.709. The molecule has 1 amide bonds. The summed E-state index contributed by atoms with van der Waals surface area (Å²) in [6.45, 7) is 1.89. The number of carbonyl (C=O) groups excluding carboxylic acids is 1. The largest absolute Gasteiger partial charge is 0.506 e. The summed E-state index contributed by atoms with van der Waals surface area (Å²) in [4.78, 5) is 16.2. The Morgan fingerprint density at radius 1 is 1.00 bits per heavy atom. The second-order valence-corrected chi connectivity index (χ2v) is 5.28. The summed E-state index contributed by atoms with van der Waals surface area (Å²) in [6.07, 6.45) is 3.29. The van der Waals surface area contributed by atoms with Crippen LogP contribution in [0.4, 0.5) is 5.69 Å². The zero-order valence-electron chi connectivity index (χ0n) is 13.1. The Bertz CT molecular complexity index is 846. The van der Waals surface area contributed by atoms with E-state index in [0.29, 0.717) is 22.7 Å². The second kappa shape index (κ2) is 6.83. The highest BCUT2D eigenvalue weighted by atomic mass is 16.5. The van der Waals surface area contributed by atoms with Crippen molar-refractivity contribution < 1.29 is 14.6 Å². The lowest BCUT2D eigenvalue weighted by molar-refractivity contribution is 0.102. The van der Waals surface area contributed by atoms with Gasteiger partial charge in [-0.25, -0.2) is 0 Å². The number of carbonyl (C=O) groups is 1. The van der Waals surface area contributed by atoms with E-state index in [1.807, 2.05) is 6.92 Å². The van der Waals surface area contributed by atoms with Gasteiger partial charge >= 0.3 is 0 Å². The van der Waals surface area contributed by atoms with Gasteiger partial charge in [0.05, 0.1) is 5.69 Å². The topological polar surface area (TPSA) is 71.5 Å². The fourth-order valence-electron chi connectivity index (χ4n) is 2.16. The van der Waals surface area contributed by atoms with E-state index in [4.69, 9.17) is 4.74 Å². The molecule has 0 aliphatic rings. The zero-order valence-corrected chi connectivity index (χ0v) is 13.1. The number of rotatable bonds is 4. The molecule has 1 heterocycles. The monoisotopic (exact) mass is 320 g/mol. The highest BCUT2D eigenvalue weighted by Gasteiger charge is 2.09. The molecule has 2 N–H and O–H groups in total. The maximum absolute atomic E-state index is 12.3. The first-order chi connectivity index (χ1) is 11.6. The number of anilines is 1. The molecule has 0 bridgehead atoms. The average molecular weight is 320 g/mol. The smallest absolute Gasteiger partial charge is 0.255 e. The highest BCUT2D eigenvalue weighted by molar-refractivity contribution is 6.05. The third-order valence-electron chi connectivity index (χ3n) is 3.40. The van der Waals surface area contributed by atoms with Gasteiger partial charge in [-0.15, -0.1) is 0 Å². The fourth-order valence-corrected chi connectivity index (χ4v) is 2.16. The molecule has 0 aliphatic carbocycles. The normalized spacial score (nSPS) is 10.2. The lowest BCUT2D eigenvalue weighted by Gasteiger charge is -2.09. The first kappa shape index (κ1) is 15.6. The lowest BCUT2D eigenvalue weighted by Crippen LogP contribution is -2.11. The van der Waals surface area contributed by atoms with Crippen LogP contribution < -0.4 is 10.1 Å².